The van der Waals surface area contributed by atoms with Crippen LogP contribution < -0.4 is 0 Å². The van der Waals surface area contributed by atoms with Crippen molar-refractivity contribution in [3.63, 3.8) is 0 Å². The third kappa shape index (κ3) is 6.00. The van der Waals surface area contributed by atoms with Crippen molar-refractivity contribution in [1.82, 2.24) is 29.9 Å². The molecule has 6 heterocycles. The van der Waals surface area contributed by atoms with Gasteiger partial charge in [-0.05, 0) is 16.1 Å². The predicted octanol–water partition coefficient (Wildman–Crippen LogP) is 6.12. The number of nitrogens with zero attached hydrogens (tertiary/aromatic N) is 6. The molecule has 0 amide bonds. The molecule has 0 N–H and O–H groups in total. The summed E-state index contributed by atoms with van der Waals surface area (Å²) in [6.07, 6.45) is 15.0. The first-order valence-electron chi connectivity index (χ1n) is 10.2. The molecule has 0 spiro atoms. The van der Waals surface area contributed by atoms with Crippen molar-refractivity contribution in [3.8, 4) is 0 Å². The van der Waals surface area contributed by atoms with Crippen LogP contribution in [0.5, 0.6) is 0 Å². The monoisotopic (exact) mass is 550 g/mol. The molecule has 0 aromatic carbocycles. The van der Waals surface area contributed by atoms with Crippen LogP contribution in [0.1, 0.15) is 0 Å². The lowest BCUT2D eigenvalue weighted by Crippen LogP contribution is -2.11. The van der Waals surface area contributed by atoms with E-state index in [2.05, 4.69) is 80.4 Å². The summed E-state index contributed by atoms with van der Waals surface area (Å²) in [4.78, 5) is 29.6. The number of rotatable bonds is 6. The number of hydrogen-bond acceptors (Lipinski definition) is 9. The third-order valence-corrected chi connectivity index (χ3v) is 11.0. The molecule has 172 valence electrons. The number of thiophene rings is 3. The van der Waals surface area contributed by atoms with Crippen LogP contribution in [-0.2, 0) is 21.8 Å². The highest BCUT2D eigenvalue weighted by Gasteiger charge is 2.34. The SMILES string of the molecule is c1cc([S+](c2ccsc2)c2ccsc2)cs1.c1cnc([S+](c2cnccn2)c2cnccn2)cn1. The van der Waals surface area contributed by atoms with Gasteiger partial charge < -0.3 is 0 Å². The zero-order chi connectivity index (χ0) is 23.7. The Morgan fingerprint density at radius 2 is 0.829 bits per heavy atom. The van der Waals surface area contributed by atoms with Gasteiger partial charge in [0.1, 0.15) is 29.5 Å². The summed E-state index contributed by atoms with van der Waals surface area (Å²) in [7, 11) is -0.426. The van der Waals surface area contributed by atoms with Gasteiger partial charge in [0.25, 0.3) is 15.1 Å². The molecule has 11 heteroatoms. The van der Waals surface area contributed by atoms with E-state index in [0.29, 0.717) is 0 Å². The summed E-state index contributed by atoms with van der Waals surface area (Å²) >= 11 is 5.33. The Labute approximate surface area is 220 Å². The van der Waals surface area contributed by atoms with Crippen LogP contribution >= 0.6 is 34.0 Å². The molecule has 6 rings (SSSR count). The zero-order valence-electron chi connectivity index (χ0n) is 18.1. The Bertz CT molecular complexity index is 1210. The van der Waals surface area contributed by atoms with Crippen LogP contribution in [0.25, 0.3) is 0 Å². The van der Waals surface area contributed by atoms with Crippen molar-refractivity contribution in [3.05, 3.63) is 106 Å². The molecular weight excluding hydrogens is 533 g/mol. The van der Waals surface area contributed by atoms with Crippen LogP contribution in [0.3, 0.4) is 0 Å². The highest BCUT2D eigenvalue weighted by Crippen LogP contribution is 2.34. The van der Waals surface area contributed by atoms with Gasteiger partial charge in [-0.2, -0.15) is 0 Å². The predicted molar refractivity (Wildman–Crippen MR) is 143 cm³/mol. The van der Waals surface area contributed by atoms with Crippen LogP contribution in [0, 0.1) is 0 Å². The first kappa shape index (κ1) is 23.8. The number of aromatic nitrogens is 6. The average molecular weight is 551 g/mol. The lowest BCUT2D eigenvalue weighted by molar-refractivity contribution is 0.970. The highest BCUT2D eigenvalue weighted by molar-refractivity contribution is 7.97. The second kappa shape index (κ2) is 12.1. The fourth-order valence-electron chi connectivity index (χ4n) is 3.01. The van der Waals surface area contributed by atoms with Crippen molar-refractivity contribution in [1.29, 1.82) is 0 Å². The maximum atomic E-state index is 4.35. The molecule has 35 heavy (non-hydrogen) atoms. The molecule has 0 bridgehead atoms. The van der Waals surface area contributed by atoms with Gasteiger partial charge in [-0.15, -0.1) is 34.0 Å². The molecule has 6 aromatic heterocycles. The van der Waals surface area contributed by atoms with Gasteiger partial charge in [0.05, 0.1) is 18.6 Å². The van der Waals surface area contributed by atoms with E-state index in [1.165, 1.54) is 14.7 Å². The van der Waals surface area contributed by atoms with Crippen molar-refractivity contribution in [2.75, 3.05) is 0 Å². The molecule has 6 aromatic rings. The fourth-order valence-corrected chi connectivity index (χ4v) is 9.54. The van der Waals surface area contributed by atoms with Gasteiger partial charge in [-0.1, -0.05) is 0 Å². The maximum Gasteiger partial charge on any atom is 0.280 e. The molecule has 0 aliphatic rings. The first-order valence-corrected chi connectivity index (χ1v) is 15.5. The summed E-state index contributed by atoms with van der Waals surface area (Å²) in [6, 6.07) is 6.72. The van der Waals surface area contributed by atoms with E-state index < -0.39 is 10.9 Å². The van der Waals surface area contributed by atoms with E-state index in [-0.39, 0.29) is 10.9 Å². The van der Waals surface area contributed by atoms with Gasteiger partial charge in [0, 0.05) is 52.9 Å². The minimum atomic E-state index is -0.535. The Balaban J connectivity index is 0.000000147. The van der Waals surface area contributed by atoms with Crippen LogP contribution in [-0.4, -0.2) is 29.9 Å². The summed E-state index contributed by atoms with van der Waals surface area (Å²) in [5.74, 6) is 0. The standard InChI is InChI=1S/C12H9N6S.C12H9S4/c1-4-16-10(7-13-1)19(11-8-14-2-5-17-11)12-9-15-3-6-18-12;1-4-13-7-10(1)16(11-2-5-14-8-11)12-3-6-15-9-12/h1-9H;1-9H/q2*+1. The molecule has 0 fully saturated rings. The molecule has 6 nitrogen and oxygen atoms in total. The molecule has 0 aliphatic heterocycles. The summed E-state index contributed by atoms with van der Waals surface area (Å²) < 4.78 is 0. The lowest BCUT2D eigenvalue weighted by atomic mass is 10.6. The number of hydrogen-bond donors (Lipinski definition) is 0. The van der Waals surface area contributed by atoms with E-state index >= 15 is 0 Å². The molecule has 0 saturated carbocycles. The van der Waals surface area contributed by atoms with Gasteiger partial charge in [0.2, 0.25) is 0 Å². The summed E-state index contributed by atoms with van der Waals surface area (Å²) in [5.41, 5.74) is 0. The summed E-state index contributed by atoms with van der Waals surface area (Å²) in [5, 5.41) is 15.7. The third-order valence-electron chi connectivity index (χ3n) is 4.44. The Morgan fingerprint density at radius 3 is 1.09 bits per heavy atom. The lowest BCUT2D eigenvalue weighted by Gasteiger charge is -2.02. The zero-order valence-corrected chi connectivity index (χ0v) is 22.2. The van der Waals surface area contributed by atoms with Gasteiger partial charge in [-0.25, -0.2) is 15.0 Å². The van der Waals surface area contributed by atoms with E-state index in [1.54, 1.807) is 89.8 Å². The Morgan fingerprint density at radius 1 is 0.457 bits per heavy atom. The fraction of sp³-hybridized carbons (Fsp3) is 0. The molecule has 0 atom stereocenters. The second-order valence-corrected chi connectivity index (χ2v) is 12.9. The van der Waals surface area contributed by atoms with Crippen molar-refractivity contribution >= 4 is 55.8 Å². The Kier molecular flexibility index (Phi) is 8.24. The van der Waals surface area contributed by atoms with E-state index in [1.807, 2.05) is 0 Å². The topological polar surface area (TPSA) is 77.3 Å². The normalized spacial score (nSPS) is 10.8. The van der Waals surface area contributed by atoms with Gasteiger partial charge in [-0.3, -0.25) is 15.0 Å². The average Bonchev–Trinajstić information content (AvgIpc) is 3.72. The van der Waals surface area contributed by atoms with E-state index in [0.717, 1.165) is 15.1 Å². The minimum Gasteiger partial charge on any atom is -0.256 e. The van der Waals surface area contributed by atoms with Crippen molar-refractivity contribution in [2.24, 2.45) is 0 Å². The molecule has 0 unspecified atom stereocenters. The largest absolute Gasteiger partial charge is 0.280 e. The van der Waals surface area contributed by atoms with Gasteiger partial charge >= 0.3 is 0 Å². The van der Waals surface area contributed by atoms with Crippen molar-refractivity contribution in [2.45, 2.75) is 29.8 Å². The van der Waals surface area contributed by atoms with Crippen LogP contribution in [0.2, 0.25) is 0 Å². The summed E-state index contributed by atoms with van der Waals surface area (Å²) in [6.45, 7) is 0. The van der Waals surface area contributed by atoms with Crippen LogP contribution in [0.15, 0.2) is 136 Å². The van der Waals surface area contributed by atoms with Crippen LogP contribution in [0.4, 0.5) is 0 Å². The van der Waals surface area contributed by atoms with Crippen molar-refractivity contribution < 1.29 is 0 Å². The smallest absolute Gasteiger partial charge is 0.256 e. The second-order valence-electron chi connectivity index (χ2n) is 6.62. The van der Waals surface area contributed by atoms with E-state index in [9.17, 15) is 0 Å². The molecule has 0 aliphatic carbocycles. The molecule has 0 radical (unpaired) electrons. The molecule has 0 saturated heterocycles. The highest BCUT2D eigenvalue weighted by atomic mass is 32.2. The quantitative estimate of drug-likeness (QED) is 0.233. The first-order chi connectivity index (χ1) is 17.4. The molecular formula is C24H18N6S5+2. The van der Waals surface area contributed by atoms with Gasteiger partial charge in [0.15, 0.2) is 25.6 Å². The minimum absolute atomic E-state index is 0.110. The van der Waals surface area contributed by atoms with E-state index in [4.69, 9.17) is 0 Å². The Hall–Kier alpha value is -2.96. The maximum absolute atomic E-state index is 4.35.